The van der Waals surface area contributed by atoms with Crippen molar-refractivity contribution in [2.24, 2.45) is 0 Å². The number of phenols is 1. The first kappa shape index (κ1) is 18.5. The van der Waals surface area contributed by atoms with Gasteiger partial charge in [0.25, 0.3) is 11.8 Å². The van der Waals surface area contributed by atoms with Gasteiger partial charge in [-0.2, -0.15) is 5.10 Å². The number of halogens is 1. The molecule has 0 atom stereocenters. The first-order valence-corrected chi connectivity index (χ1v) is 8.59. The number of para-hydroxylation sites is 1. The van der Waals surface area contributed by atoms with Gasteiger partial charge >= 0.3 is 0 Å². The van der Waals surface area contributed by atoms with Crippen LogP contribution in [0.15, 0.2) is 54.6 Å². The molecule has 1 aromatic heterocycles. The van der Waals surface area contributed by atoms with Crippen LogP contribution >= 0.6 is 11.6 Å². The number of phenolic OH excluding ortho intramolecular Hbond substituents is 1. The van der Waals surface area contributed by atoms with Gasteiger partial charge < -0.3 is 15.7 Å². The maximum absolute atomic E-state index is 12.2. The number of hydrogen-bond donors (Lipinski definition) is 4. The summed E-state index contributed by atoms with van der Waals surface area (Å²) in [5.74, 6) is -0.590. The molecule has 8 heteroatoms. The van der Waals surface area contributed by atoms with Crippen LogP contribution in [0.2, 0.25) is 5.02 Å². The van der Waals surface area contributed by atoms with Gasteiger partial charge in [-0.3, -0.25) is 14.7 Å². The third-order valence-corrected chi connectivity index (χ3v) is 4.15. The fourth-order valence-corrected chi connectivity index (χ4v) is 2.68. The Labute approximate surface area is 160 Å². The Morgan fingerprint density at radius 3 is 2.41 bits per heavy atom. The summed E-state index contributed by atoms with van der Waals surface area (Å²) < 4.78 is 0. The van der Waals surface area contributed by atoms with Crippen molar-refractivity contribution < 1.29 is 14.7 Å². The van der Waals surface area contributed by atoms with E-state index in [0.717, 1.165) is 0 Å². The molecular formula is C19H17ClN4O3. The molecule has 0 spiro atoms. The van der Waals surface area contributed by atoms with Crippen LogP contribution < -0.4 is 10.6 Å². The SMILES string of the molecule is O=C(NCCNC(=O)c1ccccc1Cl)c1cc(-c2ccccc2O)n[nH]1. The molecular weight excluding hydrogens is 368 g/mol. The number of rotatable bonds is 6. The Kier molecular flexibility index (Phi) is 5.73. The molecule has 7 nitrogen and oxygen atoms in total. The van der Waals surface area contributed by atoms with Crippen molar-refractivity contribution in [3.8, 4) is 17.0 Å². The second-order valence-electron chi connectivity index (χ2n) is 5.68. The van der Waals surface area contributed by atoms with E-state index >= 15 is 0 Å². The number of H-pyrrole nitrogens is 1. The highest BCUT2D eigenvalue weighted by Gasteiger charge is 2.13. The maximum Gasteiger partial charge on any atom is 0.269 e. The molecule has 4 N–H and O–H groups in total. The van der Waals surface area contributed by atoms with Crippen molar-refractivity contribution >= 4 is 23.4 Å². The molecule has 27 heavy (non-hydrogen) atoms. The highest BCUT2D eigenvalue weighted by Crippen LogP contribution is 2.27. The second-order valence-corrected chi connectivity index (χ2v) is 6.08. The molecule has 0 radical (unpaired) electrons. The quantitative estimate of drug-likeness (QED) is 0.490. The van der Waals surface area contributed by atoms with Gasteiger partial charge in [-0.1, -0.05) is 35.9 Å². The van der Waals surface area contributed by atoms with E-state index in [9.17, 15) is 14.7 Å². The summed E-state index contributed by atoms with van der Waals surface area (Å²) in [7, 11) is 0. The Morgan fingerprint density at radius 2 is 1.67 bits per heavy atom. The van der Waals surface area contributed by atoms with Gasteiger partial charge in [0, 0.05) is 18.7 Å². The van der Waals surface area contributed by atoms with Crippen LogP contribution in [0.25, 0.3) is 11.3 Å². The molecule has 2 aromatic carbocycles. The van der Waals surface area contributed by atoms with Crippen molar-refractivity contribution in [3.05, 3.63) is 70.9 Å². The summed E-state index contributed by atoms with van der Waals surface area (Å²) in [4.78, 5) is 24.2. The number of aromatic nitrogens is 2. The number of hydrogen-bond acceptors (Lipinski definition) is 4. The standard InChI is InChI=1S/C19H17ClN4O3/c20-14-7-3-1-5-12(14)18(26)21-9-10-22-19(27)16-11-15(23-24-16)13-6-2-4-8-17(13)25/h1-8,11,25H,9-10H2,(H,21,26)(H,22,27)(H,23,24). The summed E-state index contributed by atoms with van der Waals surface area (Å²) in [6, 6.07) is 15.0. The zero-order valence-corrected chi connectivity index (χ0v) is 15.0. The number of amides is 2. The van der Waals surface area contributed by atoms with E-state index in [2.05, 4.69) is 20.8 Å². The molecule has 0 aliphatic heterocycles. The van der Waals surface area contributed by atoms with Gasteiger partial charge in [-0.05, 0) is 30.3 Å². The Morgan fingerprint density at radius 1 is 1.00 bits per heavy atom. The zero-order valence-electron chi connectivity index (χ0n) is 14.2. The van der Waals surface area contributed by atoms with Crippen LogP contribution in [-0.2, 0) is 0 Å². The largest absolute Gasteiger partial charge is 0.507 e. The normalized spacial score (nSPS) is 10.4. The molecule has 1 heterocycles. The van der Waals surface area contributed by atoms with Crippen LogP contribution in [0.5, 0.6) is 5.75 Å². The Balaban J connectivity index is 1.51. The van der Waals surface area contributed by atoms with E-state index in [-0.39, 0.29) is 36.3 Å². The van der Waals surface area contributed by atoms with Crippen LogP contribution in [0, 0.1) is 0 Å². The first-order valence-electron chi connectivity index (χ1n) is 8.21. The molecule has 0 aliphatic carbocycles. The van der Waals surface area contributed by atoms with E-state index in [1.54, 1.807) is 54.6 Å². The van der Waals surface area contributed by atoms with Gasteiger partial charge in [0.1, 0.15) is 11.4 Å². The fraction of sp³-hybridized carbons (Fsp3) is 0.105. The van der Waals surface area contributed by atoms with Gasteiger partial charge in [-0.15, -0.1) is 0 Å². The second kappa shape index (κ2) is 8.37. The van der Waals surface area contributed by atoms with E-state index in [1.165, 1.54) is 0 Å². The van der Waals surface area contributed by atoms with Crippen LogP contribution in [-0.4, -0.2) is 40.2 Å². The Bertz CT molecular complexity index is 971. The average Bonchev–Trinajstić information content (AvgIpc) is 3.15. The van der Waals surface area contributed by atoms with Crippen LogP contribution in [0.3, 0.4) is 0 Å². The summed E-state index contributed by atoms with van der Waals surface area (Å²) in [5, 5.41) is 22.3. The fourth-order valence-electron chi connectivity index (χ4n) is 2.45. The number of nitrogens with one attached hydrogen (secondary N) is 3. The number of carbonyl (C=O) groups excluding carboxylic acids is 2. The minimum Gasteiger partial charge on any atom is -0.507 e. The van der Waals surface area contributed by atoms with Crippen LogP contribution in [0.4, 0.5) is 0 Å². The summed E-state index contributed by atoms with van der Waals surface area (Å²) >= 11 is 5.97. The lowest BCUT2D eigenvalue weighted by molar-refractivity contribution is 0.0925. The van der Waals surface area contributed by atoms with Gasteiger partial charge in [0.2, 0.25) is 0 Å². The summed E-state index contributed by atoms with van der Waals surface area (Å²) in [5.41, 5.74) is 1.63. The Hall–Kier alpha value is -3.32. The minimum atomic E-state index is -0.365. The third-order valence-electron chi connectivity index (χ3n) is 3.82. The van der Waals surface area contributed by atoms with Crippen molar-refractivity contribution in [2.75, 3.05) is 13.1 Å². The van der Waals surface area contributed by atoms with E-state index in [4.69, 9.17) is 11.6 Å². The van der Waals surface area contributed by atoms with Gasteiger partial charge in [-0.25, -0.2) is 0 Å². The number of aromatic amines is 1. The molecule has 0 bridgehead atoms. The number of aromatic hydroxyl groups is 1. The highest BCUT2D eigenvalue weighted by atomic mass is 35.5. The average molecular weight is 385 g/mol. The molecule has 0 unspecified atom stereocenters. The lowest BCUT2D eigenvalue weighted by atomic mass is 10.1. The van der Waals surface area contributed by atoms with Gasteiger partial charge in [0.15, 0.2) is 0 Å². The van der Waals surface area contributed by atoms with Crippen LogP contribution in [0.1, 0.15) is 20.8 Å². The zero-order chi connectivity index (χ0) is 19.2. The number of carbonyl (C=O) groups is 2. The summed E-state index contributed by atoms with van der Waals surface area (Å²) in [6.07, 6.45) is 0. The lowest BCUT2D eigenvalue weighted by Gasteiger charge is -2.07. The predicted octanol–water partition coefficient (Wildman–Crippen LogP) is 2.60. The van der Waals surface area contributed by atoms with E-state index in [0.29, 0.717) is 21.8 Å². The van der Waals surface area contributed by atoms with Gasteiger partial charge in [0.05, 0.1) is 16.3 Å². The summed E-state index contributed by atoms with van der Waals surface area (Å²) in [6.45, 7) is 0.482. The smallest absolute Gasteiger partial charge is 0.269 e. The minimum absolute atomic E-state index is 0.0817. The maximum atomic E-state index is 12.2. The van der Waals surface area contributed by atoms with E-state index < -0.39 is 0 Å². The lowest BCUT2D eigenvalue weighted by Crippen LogP contribution is -2.34. The number of nitrogens with zero attached hydrogens (tertiary/aromatic N) is 1. The molecule has 0 aliphatic rings. The monoisotopic (exact) mass is 384 g/mol. The first-order chi connectivity index (χ1) is 13.1. The van der Waals surface area contributed by atoms with Crippen molar-refractivity contribution in [3.63, 3.8) is 0 Å². The third kappa shape index (κ3) is 4.45. The molecule has 0 saturated carbocycles. The molecule has 3 aromatic rings. The topological polar surface area (TPSA) is 107 Å². The predicted molar refractivity (Wildman–Crippen MR) is 102 cm³/mol. The van der Waals surface area contributed by atoms with Crippen molar-refractivity contribution in [1.29, 1.82) is 0 Å². The van der Waals surface area contributed by atoms with Crippen molar-refractivity contribution in [2.45, 2.75) is 0 Å². The molecule has 0 saturated heterocycles. The van der Waals surface area contributed by atoms with Crippen molar-refractivity contribution in [1.82, 2.24) is 20.8 Å². The molecule has 0 fully saturated rings. The van der Waals surface area contributed by atoms with E-state index in [1.807, 2.05) is 0 Å². The molecule has 3 rings (SSSR count). The number of benzene rings is 2. The molecule has 138 valence electrons. The molecule has 2 amide bonds. The highest BCUT2D eigenvalue weighted by molar-refractivity contribution is 6.33.